The molecule has 2 atom stereocenters. The van der Waals surface area contributed by atoms with Gasteiger partial charge in [-0.25, -0.2) is 4.98 Å². The minimum Gasteiger partial charge on any atom is -0.307 e. The lowest BCUT2D eigenvalue weighted by molar-refractivity contribution is 0.482. The Morgan fingerprint density at radius 3 is 2.76 bits per heavy atom. The fourth-order valence-corrected chi connectivity index (χ4v) is 3.67. The predicted molar refractivity (Wildman–Crippen MR) is 75.9 cm³/mol. The number of thiazole rings is 1. The maximum atomic E-state index is 4.30. The first-order valence-corrected chi connectivity index (χ1v) is 7.61. The summed E-state index contributed by atoms with van der Waals surface area (Å²) in [6.07, 6.45) is 1.10. The van der Waals surface area contributed by atoms with Gasteiger partial charge >= 0.3 is 0 Å². The van der Waals surface area contributed by atoms with Crippen LogP contribution in [-0.4, -0.2) is 11.0 Å². The van der Waals surface area contributed by atoms with Crippen molar-refractivity contribution in [3.8, 4) is 0 Å². The topological polar surface area (TPSA) is 24.9 Å². The molecule has 2 aromatic rings. The fraction of sp³-hybridized carbons (Fsp3) is 0.462. The molecule has 17 heavy (non-hydrogen) atoms. The summed E-state index contributed by atoms with van der Waals surface area (Å²) in [5.74, 6) is 0. The summed E-state index contributed by atoms with van der Waals surface area (Å²) in [7, 11) is 0. The molecule has 0 aliphatic heterocycles. The molecule has 2 rings (SSSR count). The number of nitrogens with zero attached hydrogens (tertiary/aromatic N) is 1. The number of aromatic nitrogens is 1. The number of hydrogen-bond acceptors (Lipinski definition) is 4. The molecule has 0 spiro atoms. The Bertz CT molecular complexity index is 448. The van der Waals surface area contributed by atoms with E-state index in [1.54, 1.807) is 11.3 Å². The molecule has 92 valence electrons. The first-order valence-electron chi connectivity index (χ1n) is 5.85. The van der Waals surface area contributed by atoms with E-state index in [1.165, 1.54) is 9.75 Å². The van der Waals surface area contributed by atoms with Gasteiger partial charge in [0, 0.05) is 21.8 Å². The van der Waals surface area contributed by atoms with Crippen molar-refractivity contribution in [2.24, 2.45) is 0 Å². The Morgan fingerprint density at radius 1 is 1.35 bits per heavy atom. The highest BCUT2D eigenvalue weighted by Crippen LogP contribution is 2.22. The van der Waals surface area contributed by atoms with Crippen LogP contribution in [0.5, 0.6) is 0 Å². The summed E-state index contributed by atoms with van der Waals surface area (Å²) in [6.45, 7) is 6.53. The van der Waals surface area contributed by atoms with Gasteiger partial charge in [-0.15, -0.1) is 22.7 Å². The monoisotopic (exact) mass is 266 g/mol. The third kappa shape index (κ3) is 3.37. The van der Waals surface area contributed by atoms with Crippen LogP contribution >= 0.6 is 22.7 Å². The standard InChI is InChI=1S/C13H18N2S2/c1-9(7-12-5-4-6-16-12)15-11(3)13-10(2)14-8-17-13/h4-6,8-9,11,15H,7H2,1-3H3. The number of thiophene rings is 1. The third-order valence-corrected chi connectivity index (χ3v) is 4.81. The molecule has 0 radical (unpaired) electrons. The lowest BCUT2D eigenvalue weighted by Gasteiger charge is -2.19. The van der Waals surface area contributed by atoms with Crippen molar-refractivity contribution in [2.45, 2.75) is 39.3 Å². The van der Waals surface area contributed by atoms with Crippen molar-refractivity contribution >= 4 is 22.7 Å². The maximum absolute atomic E-state index is 4.30. The quantitative estimate of drug-likeness (QED) is 0.890. The van der Waals surface area contributed by atoms with Gasteiger partial charge in [0.15, 0.2) is 0 Å². The molecular weight excluding hydrogens is 248 g/mol. The molecule has 0 aliphatic carbocycles. The van der Waals surface area contributed by atoms with E-state index >= 15 is 0 Å². The van der Waals surface area contributed by atoms with E-state index in [0.717, 1.165) is 12.1 Å². The Kier molecular flexibility index (Phi) is 4.31. The van der Waals surface area contributed by atoms with Crippen molar-refractivity contribution in [3.63, 3.8) is 0 Å². The third-order valence-electron chi connectivity index (χ3n) is 2.80. The molecule has 1 N–H and O–H groups in total. The maximum Gasteiger partial charge on any atom is 0.0798 e. The molecule has 4 heteroatoms. The van der Waals surface area contributed by atoms with Crippen molar-refractivity contribution in [1.82, 2.24) is 10.3 Å². The van der Waals surface area contributed by atoms with Gasteiger partial charge in [0.25, 0.3) is 0 Å². The highest BCUT2D eigenvalue weighted by Gasteiger charge is 2.13. The van der Waals surface area contributed by atoms with Crippen LogP contribution in [-0.2, 0) is 6.42 Å². The minimum atomic E-state index is 0.387. The largest absolute Gasteiger partial charge is 0.307 e. The zero-order valence-corrected chi connectivity index (χ0v) is 12.1. The SMILES string of the molecule is Cc1ncsc1C(C)NC(C)Cc1cccs1. The number of rotatable bonds is 5. The first kappa shape index (κ1) is 12.7. The molecule has 0 saturated heterocycles. The lowest BCUT2D eigenvalue weighted by atomic mass is 10.1. The smallest absolute Gasteiger partial charge is 0.0798 e. The summed E-state index contributed by atoms with van der Waals surface area (Å²) in [5.41, 5.74) is 3.07. The lowest BCUT2D eigenvalue weighted by Crippen LogP contribution is -2.30. The van der Waals surface area contributed by atoms with Crippen molar-refractivity contribution in [3.05, 3.63) is 38.5 Å². The number of nitrogens with one attached hydrogen (secondary N) is 1. The summed E-state index contributed by atoms with van der Waals surface area (Å²) in [6, 6.07) is 5.19. The van der Waals surface area contributed by atoms with Gasteiger partial charge in [-0.1, -0.05) is 6.07 Å². The Morgan fingerprint density at radius 2 is 2.18 bits per heavy atom. The molecule has 2 unspecified atom stereocenters. The molecular formula is C13H18N2S2. The molecule has 2 heterocycles. The Balaban J connectivity index is 1.90. The predicted octanol–water partition coefficient (Wildman–Crippen LogP) is 3.79. The fourth-order valence-electron chi connectivity index (χ4n) is 2.02. The molecule has 2 nitrogen and oxygen atoms in total. The van der Waals surface area contributed by atoms with Gasteiger partial charge in [-0.3, -0.25) is 0 Å². The van der Waals surface area contributed by atoms with Crippen LogP contribution in [0.1, 0.15) is 35.3 Å². The van der Waals surface area contributed by atoms with E-state index in [1.807, 2.05) is 16.8 Å². The highest BCUT2D eigenvalue weighted by atomic mass is 32.1. The van der Waals surface area contributed by atoms with Crippen LogP contribution < -0.4 is 5.32 Å². The normalized spacial score (nSPS) is 14.8. The summed E-state index contributed by atoms with van der Waals surface area (Å²) in [5, 5.41) is 5.78. The van der Waals surface area contributed by atoms with Gasteiger partial charge in [-0.2, -0.15) is 0 Å². The van der Waals surface area contributed by atoms with E-state index in [-0.39, 0.29) is 0 Å². The Labute approximate surface area is 111 Å². The molecule has 2 aromatic heterocycles. The summed E-state index contributed by atoms with van der Waals surface area (Å²) in [4.78, 5) is 7.09. The summed E-state index contributed by atoms with van der Waals surface area (Å²) < 4.78 is 0. The van der Waals surface area contributed by atoms with Gasteiger partial charge in [0.2, 0.25) is 0 Å². The summed E-state index contributed by atoms with van der Waals surface area (Å²) >= 11 is 3.57. The molecule has 0 aromatic carbocycles. The van der Waals surface area contributed by atoms with E-state index in [0.29, 0.717) is 12.1 Å². The molecule has 0 bridgehead atoms. The minimum absolute atomic E-state index is 0.387. The van der Waals surface area contributed by atoms with Crippen molar-refractivity contribution in [1.29, 1.82) is 0 Å². The zero-order chi connectivity index (χ0) is 12.3. The molecule has 0 saturated carbocycles. The van der Waals surface area contributed by atoms with Crippen LogP contribution in [0, 0.1) is 6.92 Å². The van der Waals surface area contributed by atoms with Gasteiger partial charge < -0.3 is 5.32 Å². The van der Waals surface area contributed by atoms with Crippen molar-refractivity contribution in [2.75, 3.05) is 0 Å². The van der Waals surface area contributed by atoms with Gasteiger partial charge in [-0.05, 0) is 38.6 Å². The second-order valence-corrected chi connectivity index (χ2v) is 6.29. The zero-order valence-electron chi connectivity index (χ0n) is 10.4. The average Bonchev–Trinajstić information content (AvgIpc) is 2.88. The first-order chi connectivity index (χ1) is 8.16. The van der Waals surface area contributed by atoms with Gasteiger partial charge in [0.05, 0.1) is 11.2 Å². The van der Waals surface area contributed by atoms with Gasteiger partial charge in [0.1, 0.15) is 0 Å². The number of aryl methyl sites for hydroxylation is 1. The van der Waals surface area contributed by atoms with Crippen LogP contribution in [0.4, 0.5) is 0 Å². The molecule has 0 aliphatic rings. The number of hydrogen-bond donors (Lipinski definition) is 1. The Hall–Kier alpha value is -0.710. The van der Waals surface area contributed by atoms with E-state index in [2.05, 4.69) is 48.6 Å². The van der Waals surface area contributed by atoms with E-state index in [4.69, 9.17) is 0 Å². The van der Waals surface area contributed by atoms with Crippen LogP contribution in [0.25, 0.3) is 0 Å². The van der Waals surface area contributed by atoms with E-state index < -0.39 is 0 Å². The van der Waals surface area contributed by atoms with Crippen LogP contribution in [0.15, 0.2) is 23.0 Å². The average molecular weight is 266 g/mol. The van der Waals surface area contributed by atoms with Crippen LogP contribution in [0.3, 0.4) is 0 Å². The molecule has 0 fully saturated rings. The van der Waals surface area contributed by atoms with E-state index in [9.17, 15) is 0 Å². The highest BCUT2D eigenvalue weighted by molar-refractivity contribution is 7.10. The van der Waals surface area contributed by atoms with Crippen LogP contribution in [0.2, 0.25) is 0 Å². The molecule has 0 amide bonds. The second-order valence-electron chi connectivity index (χ2n) is 4.37. The van der Waals surface area contributed by atoms with Crippen molar-refractivity contribution < 1.29 is 0 Å². The second kappa shape index (κ2) is 5.76.